The van der Waals surface area contributed by atoms with Gasteiger partial charge in [0.15, 0.2) is 0 Å². The largest absolute Gasteiger partial charge is 0.458 e. The Morgan fingerprint density at radius 1 is 1.32 bits per heavy atom. The molecule has 0 saturated carbocycles. The molecule has 0 aliphatic carbocycles. The van der Waals surface area contributed by atoms with Crippen LogP contribution in [0.1, 0.15) is 38.6 Å². The lowest BCUT2D eigenvalue weighted by atomic mass is 10.1. The molecule has 4 heteroatoms. The van der Waals surface area contributed by atoms with Crippen molar-refractivity contribution in [1.82, 2.24) is 0 Å². The minimum Gasteiger partial charge on any atom is -0.458 e. The van der Waals surface area contributed by atoms with Gasteiger partial charge in [0.1, 0.15) is 23.3 Å². The summed E-state index contributed by atoms with van der Waals surface area (Å²) >= 11 is 0. The zero-order chi connectivity index (χ0) is 13.8. The standard InChI is InChI=1S/C15H19FO3/c1-3-5-13(18-4-2)15(17)14-9-10-8-11(16)6-7-12(10)19-14/h6-9,13,15,17H,3-5H2,1-2H3. The molecule has 2 rings (SSSR count). The molecule has 0 spiro atoms. The number of fused-ring (bicyclic) bond motifs is 1. The SMILES string of the molecule is CCCC(OCC)C(O)c1cc2cc(F)ccc2o1. The fraction of sp³-hybridized carbons (Fsp3) is 0.467. The van der Waals surface area contributed by atoms with Crippen molar-refractivity contribution in [2.45, 2.75) is 38.9 Å². The van der Waals surface area contributed by atoms with Crippen LogP contribution in [0.4, 0.5) is 4.39 Å². The van der Waals surface area contributed by atoms with E-state index in [0.717, 1.165) is 12.8 Å². The molecule has 2 atom stereocenters. The molecule has 1 aromatic heterocycles. The van der Waals surface area contributed by atoms with E-state index in [4.69, 9.17) is 9.15 Å². The van der Waals surface area contributed by atoms with Gasteiger partial charge in [0.05, 0.1) is 6.10 Å². The van der Waals surface area contributed by atoms with Crippen LogP contribution in [0.5, 0.6) is 0 Å². The molecule has 2 unspecified atom stereocenters. The van der Waals surface area contributed by atoms with Crippen molar-refractivity contribution in [2.75, 3.05) is 6.61 Å². The summed E-state index contributed by atoms with van der Waals surface area (Å²) in [6.07, 6.45) is 0.549. The van der Waals surface area contributed by atoms with Gasteiger partial charge in [0, 0.05) is 12.0 Å². The van der Waals surface area contributed by atoms with Gasteiger partial charge in [-0.05, 0) is 37.6 Å². The molecular weight excluding hydrogens is 247 g/mol. The number of ether oxygens (including phenoxy) is 1. The molecule has 1 heterocycles. The van der Waals surface area contributed by atoms with Crippen LogP contribution in [0.15, 0.2) is 28.7 Å². The smallest absolute Gasteiger partial charge is 0.138 e. The summed E-state index contributed by atoms with van der Waals surface area (Å²) in [7, 11) is 0. The van der Waals surface area contributed by atoms with E-state index in [0.29, 0.717) is 23.3 Å². The number of aliphatic hydroxyl groups excluding tert-OH is 1. The lowest BCUT2D eigenvalue weighted by Gasteiger charge is -2.20. The molecule has 19 heavy (non-hydrogen) atoms. The Balaban J connectivity index is 2.26. The summed E-state index contributed by atoms with van der Waals surface area (Å²) in [5.74, 6) is 0.108. The lowest BCUT2D eigenvalue weighted by Crippen LogP contribution is -2.21. The highest BCUT2D eigenvalue weighted by Gasteiger charge is 2.24. The molecule has 0 saturated heterocycles. The molecule has 0 radical (unpaired) electrons. The molecular formula is C15H19FO3. The van der Waals surface area contributed by atoms with Gasteiger partial charge in [-0.3, -0.25) is 0 Å². The van der Waals surface area contributed by atoms with Gasteiger partial charge in [-0.25, -0.2) is 4.39 Å². The number of aliphatic hydroxyl groups is 1. The highest BCUT2D eigenvalue weighted by Crippen LogP contribution is 2.28. The van der Waals surface area contributed by atoms with Crippen molar-refractivity contribution >= 4 is 11.0 Å². The van der Waals surface area contributed by atoms with Crippen LogP contribution in [0.3, 0.4) is 0 Å². The molecule has 0 aliphatic rings. The normalized spacial score (nSPS) is 14.7. The molecule has 104 valence electrons. The summed E-state index contributed by atoms with van der Waals surface area (Å²) in [4.78, 5) is 0. The van der Waals surface area contributed by atoms with Crippen molar-refractivity contribution in [2.24, 2.45) is 0 Å². The van der Waals surface area contributed by atoms with Gasteiger partial charge in [-0.1, -0.05) is 13.3 Å². The Morgan fingerprint density at radius 2 is 2.11 bits per heavy atom. The Bertz CT molecular complexity index is 529. The Kier molecular flexibility index (Phi) is 4.56. The van der Waals surface area contributed by atoms with Crippen LogP contribution in [0.2, 0.25) is 0 Å². The zero-order valence-corrected chi connectivity index (χ0v) is 11.2. The first-order chi connectivity index (χ1) is 9.15. The van der Waals surface area contributed by atoms with E-state index < -0.39 is 6.10 Å². The van der Waals surface area contributed by atoms with Gasteiger partial charge in [-0.2, -0.15) is 0 Å². The summed E-state index contributed by atoms with van der Waals surface area (Å²) in [5, 5.41) is 11.0. The second-order valence-electron chi connectivity index (χ2n) is 4.56. The maximum Gasteiger partial charge on any atom is 0.138 e. The minimum atomic E-state index is -0.824. The summed E-state index contributed by atoms with van der Waals surface area (Å²) < 4.78 is 24.2. The van der Waals surface area contributed by atoms with Crippen LogP contribution in [0.25, 0.3) is 11.0 Å². The number of halogens is 1. The predicted molar refractivity (Wildman–Crippen MR) is 71.5 cm³/mol. The zero-order valence-electron chi connectivity index (χ0n) is 11.2. The van der Waals surface area contributed by atoms with Gasteiger partial charge >= 0.3 is 0 Å². The third kappa shape index (κ3) is 3.14. The van der Waals surface area contributed by atoms with E-state index in [1.54, 1.807) is 12.1 Å². The number of hydrogen-bond acceptors (Lipinski definition) is 3. The molecule has 0 aliphatic heterocycles. The first-order valence-electron chi connectivity index (χ1n) is 6.64. The monoisotopic (exact) mass is 266 g/mol. The number of rotatable bonds is 6. The van der Waals surface area contributed by atoms with E-state index in [1.165, 1.54) is 12.1 Å². The Hall–Kier alpha value is -1.39. The molecule has 0 fully saturated rings. The minimum absolute atomic E-state index is 0.291. The van der Waals surface area contributed by atoms with Crippen LogP contribution in [-0.2, 0) is 4.74 Å². The molecule has 3 nitrogen and oxygen atoms in total. The quantitative estimate of drug-likeness (QED) is 0.864. The summed E-state index contributed by atoms with van der Waals surface area (Å²) in [6, 6.07) is 5.97. The van der Waals surface area contributed by atoms with Gasteiger partial charge < -0.3 is 14.3 Å². The number of hydrogen-bond donors (Lipinski definition) is 1. The highest BCUT2D eigenvalue weighted by atomic mass is 19.1. The number of benzene rings is 1. The molecule has 2 aromatic rings. The summed E-state index contributed by atoms with van der Waals surface area (Å²) in [5.41, 5.74) is 0.571. The molecule has 1 aromatic carbocycles. The summed E-state index contributed by atoms with van der Waals surface area (Å²) in [6.45, 7) is 4.47. The Labute approximate surface area is 112 Å². The second kappa shape index (κ2) is 6.17. The van der Waals surface area contributed by atoms with Crippen molar-refractivity contribution in [3.8, 4) is 0 Å². The van der Waals surface area contributed by atoms with E-state index in [1.807, 2.05) is 13.8 Å². The fourth-order valence-corrected chi connectivity index (χ4v) is 2.19. The van der Waals surface area contributed by atoms with Crippen LogP contribution < -0.4 is 0 Å². The molecule has 1 N–H and O–H groups in total. The topological polar surface area (TPSA) is 42.6 Å². The maximum atomic E-state index is 13.1. The van der Waals surface area contributed by atoms with Crippen LogP contribution in [0, 0.1) is 5.82 Å². The third-order valence-electron chi connectivity index (χ3n) is 3.10. The first-order valence-corrected chi connectivity index (χ1v) is 6.64. The van der Waals surface area contributed by atoms with E-state index in [2.05, 4.69) is 0 Å². The van der Waals surface area contributed by atoms with Crippen molar-refractivity contribution < 1.29 is 18.7 Å². The predicted octanol–water partition coefficient (Wildman–Crippen LogP) is 3.81. The van der Waals surface area contributed by atoms with Gasteiger partial charge in [0.2, 0.25) is 0 Å². The molecule has 0 amide bonds. The van der Waals surface area contributed by atoms with Gasteiger partial charge in [-0.15, -0.1) is 0 Å². The lowest BCUT2D eigenvalue weighted by molar-refractivity contribution is -0.0463. The molecule has 0 bridgehead atoms. The van der Waals surface area contributed by atoms with E-state index in [9.17, 15) is 9.50 Å². The van der Waals surface area contributed by atoms with E-state index >= 15 is 0 Å². The van der Waals surface area contributed by atoms with E-state index in [-0.39, 0.29) is 11.9 Å². The van der Waals surface area contributed by atoms with Crippen molar-refractivity contribution in [1.29, 1.82) is 0 Å². The highest BCUT2D eigenvalue weighted by molar-refractivity contribution is 5.77. The van der Waals surface area contributed by atoms with Crippen LogP contribution >= 0.6 is 0 Å². The number of furan rings is 1. The first kappa shape index (κ1) is 14.0. The fourth-order valence-electron chi connectivity index (χ4n) is 2.19. The average molecular weight is 266 g/mol. The second-order valence-corrected chi connectivity index (χ2v) is 4.56. The third-order valence-corrected chi connectivity index (χ3v) is 3.10. The van der Waals surface area contributed by atoms with Crippen molar-refractivity contribution in [3.63, 3.8) is 0 Å². The Morgan fingerprint density at radius 3 is 2.79 bits per heavy atom. The maximum absolute atomic E-state index is 13.1. The van der Waals surface area contributed by atoms with Gasteiger partial charge in [0.25, 0.3) is 0 Å². The average Bonchev–Trinajstić information content (AvgIpc) is 2.80. The van der Waals surface area contributed by atoms with Crippen molar-refractivity contribution in [3.05, 3.63) is 35.8 Å². The van der Waals surface area contributed by atoms with Crippen LogP contribution in [-0.4, -0.2) is 17.8 Å².